The largest absolute Gasteiger partial charge is 0.355 e. The van der Waals surface area contributed by atoms with Crippen molar-refractivity contribution in [2.24, 2.45) is 0 Å². The molecule has 0 spiro atoms. The number of hydrogen-bond donors (Lipinski definition) is 2. The summed E-state index contributed by atoms with van der Waals surface area (Å²) in [5.41, 5.74) is 3.48. The lowest BCUT2D eigenvalue weighted by Gasteiger charge is -2.18. The van der Waals surface area contributed by atoms with Crippen molar-refractivity contribution < 1.29 is 4.79 Å². The molecule has 1 amide bonds. The lowest BCUT2D eigenvalue weighted by atomic mass is 9.88. The second-order valence-corrected chi connectivity index (χ2v) is 8.08. The molecular formula is C25H24N4OS. The lowest BCUT2D eigenvalue weighted by Crippen LogP contribution is -2.27. The molecule has 0 aliphatic carbocycles. The first-order chi connectivity index (χ1) is 15.3. The monoisotopic (exact) mass is 428 g/mol. The normalized spacial score (nSPS) is 10.9. The fourth-order valence-corrected chi connectivity index (χ4v) is 4.10. The van der Waals surface area contributed by atoms with Crippen LogP contribution >= 0.6 is 11.8 Å². The zero-order chi connectivity index (χ0) is 21.3. The average molecular weight is 429 g/mol. The maximum absolute atomic E-state index is 12.3. The van der Waals surface area contributed by atoms with Gasteiger partial charge in [-0.3, -0.25) is 9.89 Å². The van der Waals surface area contributed by atoms with E-state index in [1.165, 1.54) is 22.9 Å². The quantitative estimate of drug-likeness (QED) is 0.372. The smallest absolute Gasteiger partial charge is 0.230 e. The summed E-state index contributed by atoms with van der Waals surface area (Å²) < 4.78 is 0. The molecule has 0 atom stereocenters. The first kappa shape index (κ1) is 20.9. The third kappa shape index (κ3) is 5.83. The van der Waals surface area contributed by atoms with Gasteiger partial charge < -0.3 is 5.32 Å². The number of aromatic nitrogens is 3. The Kier molecular flexibility index (Phi) is 7.13. The molecule has 4 rings (SSSR count). The van der Waals surface area contributed by atoms with E-state index in [0.29, 0.717) is 17.5 Å². The van der Waals surface area contributed by atoms with Gasteiger partial charge in [-0.05, 0) is 17.5 Å². The van der Waals surface area contributed by atoms with E-state index in [1.807, 2.05) is 42.5 Å². The summed E-state index contributed by atoms with van der Waals surface area (Å²) in [6.07, 6.45) is 0.837. The number of hydrogen-bond acceptors (Lipinski definition) is 4. The Labute approximate surface area is 186 Å². The molecule has 1 heterocycles. The summed E-state index contributed by atoms with van der Waals surface area (Å²) in [7, 11) is 0. The fraction of sp³-hybridized carbons (Fsp3) is 0.160. The summed E-state index contributed by atoms with van der Waals surface area (Å²) in [5, 5.41) is 10.7. The predicted octanol–water partition coefficient (Wildman–Crippen LogP) is 4.90. The van der Waals surface area contributed by atoms with Gasteiger partial charge in [-0.1, -0.05) is 103 Å². The van der Waals surface area contributed by atoms with Crippen LogP contribution in [-0.2, 0) is 4.79 Å². The van der Waals surface area contributed by atoms with E-state index in [1.54, 1.807) is 0 Å². The van der Waals surface area contributed by atoms with E-state index < -0.39 is 0 Å². The van der Waals surface area contributed by atoms with E-state index in [4.69, 9.17) is 0 Å². The third-order valence-corrected chi connectivity index (χ3v) is 5.85. The molecule has 0 bridgehead atoms. The second-order valence-electron chi connectivity index (χ2n) is 7.13. The van der Waals surface area contributed by atoms with Crippen LogP contribution in [0.4, 0.5) is 0 Å². The number of nitrogens with zero attached hydrogens (tertiary/aromatic N) is 2. The molecule has 6 heteroatoms. The Morgan fingerprint density at radius 2 is 1.45 bits per heavy atom. The van der Waals surface area contributed by atoms with Gasteiger partial charge in [0, 0.05) is 18.0 Å². The highest BCUT2D eigenvalue weighted by atomic mass is 32.2. The highest BCUT2D eigenvalue weighted by molar-refractivity contribution is 7.99. The minimum absolute atomic E-state index is 0.0177. The molecule has 2 N–H and O–H groups in total. The minimum atomic E-state index is -0.0177. The van der Waals surface area contributed by atoms with Crippen LogP contribution < -0.4 is 5.32 Å². The Morgan fingerprint density at radius 3 is 2.06 bits per heavy atom. The topological polar surface area (TPSA) is 70.7 Å². The number of carbonyl (C=O) groups is 1. The second kappa shape index (κ2) is 10.6. The number of aromatic amines is 1. The van der Waals surface area contributed by atoms with E-state index in [9.17, 15) is 4.79 Å². The minimum Gasteiger partial charge on any atom is -0.355 e. The van der Waals surface area contributed by atoms with Crippen LogP contribution in [0.3, 0.4) is 0 Å². The van der Waals surface area contributed by atoms with Crippen molar-refractivity contribution in [2.75, 3.05) is 12.3 Å². The van der Waals surface area contributed by atoms with Crippen molar-refractivity contribution in [2.45, 2.75) is 17.5 Å². The van der Waals surface area contributed by atoms with Crippen LogP contribution in [0.15, 0.2) is 96.2 Å². The van der Waals surface area contributed by atoms with Crippen molar-refractivity contribution in [1.29, 1.82) is 0 Å². The lowest BCUT2D eigenvalue weighted by molar-refractivity contribution is -0.118. The van der Waals surface area contributed by atoms with E-state index >= 15 is 0 Å². The van der Waals surface area contributed by atoms with E-state index in [2.05, 4.69) is 69.0 Å². The van der Waals surface area contributed by atoms with Crippen LogP contribution in [0.1, 0.15) is 23.5 Å². The van der Waals surface area contributed by atoms with Gasteiger partial charge >= 0.3 is 0 Å². The molecule has 1 aromatic heterocycles. The number of benzene rings is 3. The maximum atomic E-state index is 12.3. The van der Waals surface area contributed by atoms with Gasteiger partial charge in [0.05, 0.1) is 5.75 Å². The standard InChI is InChI=1S/C25H24N4OS/c30-23(18-31-25-27-24(28-29-25)21-14-8-3-9-15-21)26-17-16-22(19-10-4-1-5-11-19)20-12-6-2-7-13-20/h1-15,22H,16-18H2,(H,26,30)(H,27,28,29). The van der Waals surface area contributed by atoms with Crippen molar-refractivity contribution in [3.8, 4) is 11.4 Å². The Balaban J connectivity index is 1.29. The number of H-pyrrole nitrogens is 1. The molecule has 0 saturated carbocycles. The molecule has 0 unspecified atom stereocenters. The van der Waals surface area contributed by atoms with Crippen LogP contribution in [0.25, 0.3) is 11.4 Å². The summed E-state index contributed by atoms with van der Waals surface area (Å²) in [6, 6.07) is 30.7. The molecule has 0 aliphatic rings. The van der Waals surface area contributed by atoms with Gasteiger partial charge in [-0.25, -0.2) is 4.98 Å². The molecule has 0 saturated heterocycles. The Hall–Kier alpha value is -3.38. The summed E-state index contributed by atoms with van der Waals surface area (Å²) >= 11 is 1.33. The van der Waals surface area contributed by atoms with Crippen molar-refractivity contribution >= 4 is 17.7 Å². The van der Waals surface area contributed by atoms with Crippen molar-refractivity contribution in [3.05, 3.63) is 102 Å². The summed E-state index contributed by atoms with van der Waals surface area (Å²) in [5.74, 6) is 1.22. The Morgan fingerprint density at radius 1 is 0.871 bits per heavy atom. The molecule has 156 valence electrons. The van der Waals surface area contributed by atoms with Crippen LogP contribution in [-0.4, -0.2) is 33.4 Å². The highest BCUT2D eigenvalue weighted by Gasteiger charge is 2.14. The summed E-state index contributed by atoms with van der Waals surface area (Å²) in [4.78, 5) is 16.8. The van der Waals surface area contributed by atoms with Crippen LogP contribution in [0.5, 0.6) is 0 Å². The van der Waals surface area contributed by atoms with Crippen molar-refractivity contribution in [1.82, 2.24) is 20.5 Å². The molecule has 31 heavy (non-hydrogen) atoms. The van der Waals surface area contributed by atoms with E-state index in [-0.39, 0.29) is 17.6 Å². The van der Waals surface area contributed by atoms with Crippen molar-refractivity contribution in [3.63, 3.8) is 0 Å². The fourth-order valence-electron chi connectivity index (χ4n) is 3.47. The molecule has 0 radical (unpaired) electrons. The molecule has 3 aromatic carbocycles. The third-order valence-electron chi connectivity index (χ3n) is 5.00. The van der Waals surface area contributed by atoms with Gasteiger partial charge in [0.15, 0.2) is 5.82 Å². The van der Waals surface area contributed by atoms with Gasteiger partial charge in [0.2, 0.25) is 11.1 Å². The zero-order valence-corrected chi connectivity index (χ0v) is 17.9. The number of thioether (sulfide) groups is 1. The molecular weight excluding hydrogens is 404 g/mol. The number of carbonyl (C=O) groups excluding carboxylic acids is 1. The zero-order valence-electron chi connectivity index (χ0n) is 17.1. The average Bonchev–Trinajstić information content (AvgIpc) is 3.31. The number of rotatable bonds is 9. The number of amides is 1. The van der Waals surface area contributed by atoms with Gasteiger partial charge in [0.25, 0.3) is 0 Å². The Bertz CT molecular complexity index is 1040. The summed E-state index contributed by atoms with van der Waals surface area (Å²) in [6.45, 7) is 0.608. The van der Waals surface area contributed by atoms with Crippen LogP contribution in [0.2, 0.25) is 0 Å². The predicted molar refractivity (Wildman–Crippen MR) is 125 cm³/mol. The molecule has 4 aromatic rings. The molecule has 0 aliphatic heterocycles. The van der Waals surface area contributed by atoms with Gasteiger partial charge in [-0.15, -0.1) is 5.10 Å². The van der Waals surface area contributed by atoms with Gasteiger partial charge in [0.1, 0.15) is 0 Å². The number of nitrogens with one attached hydrogen (secondary N) is 2. The first-order valence-electron chi connectivity index (χ1n) is 10.3. The van der Waals surface area contributed by atoms with Crippen LogP contribution in [0, 0.1) is 0 Å². The SMILES string of the molecule is O=C(CSc1n[nH]c(-c2ccccc2)n1)NCCC(c1ccccc1)c1ccccc1. The van der Waals surface area contributed by atoms with Gasteiger partial charge in [-0.2, -0.15) is 0 Å². The van der Waals surface area contributed by atoms with E-state index in [0.717, 1.165) is 12.0 Å². The maximum Gasteiger partial charge on any atom is 0.230 e. The molecule has 5 nitrogen and oxygen atoms in total. The first-order valence-corrected chi connectivity index (χ1v) is 11.3. The molecule has 0 fully saturated rings. The highest BCUT2D eigenvalue weighted by Crippen LogP contribution is 2.27.